The average Bonchev–Trinajstić information content (AvgIpc) is 3.11. The summed E-state index contributed by atoms with van der Waals surface area (Å²) in [5.41, 5.74) is 3.24. The molecule has 0 saturated heterocycles. The third kappa shape index (κ3) is 2.62. The second-order valence-electron chi connectivity index (χ2n) is 5.76. The Morgan fingerprint density at radius 3 is 2.56 bits per heavy atom. The summed E-state index contributed by atoms with van der Waals surface area (Å²) >= 11 is 12.7. The minimum Gasteiger partial charge on any atom is -0.261 e. The van der Waals surface area contributed by atoms with Crippen molar-refractivity contribution in [1.82, 2.24) is 10.2 Å². The van der Waals surface area contributed by atoms with Gasteiger partial charge < -0.3 is 0 Å². The van der Waals surface area contributed by atoms with Gasteiger partial charge in [-0.25, -0.2) is 4.99 Å². The van der Waals surface area contributed by atoms with E-state index in [2.05, 4.69) is 21.3 Å². The zero-order valence-electron chi connectivity index (χ0n) is 12.9. The Kier molecular flexibility index (Phi) is 4.04. The third-order valence-corrected chi connectivity index (χ3v) is 5.20. The zero-order valence-corrected chi connectivity index (χ0v) is 14.5. The number of hydrogen-bond donors (Lipinski definition) is 1. The lowest BCUT2D eigenvalue weighted by Gasteiger charge is -2.28. The molecule has 2 unspecified atom stereocenters. The maximum absolute atomic E-state index is 9.94. The monoisotopic (exact) mass is 366 g/mol. The second kappa shape index (κ2) is 6.36. The van der Waals surface area contributed by atoms with E-state index in [1.165, 1.54) is 0 Å². The number of nitrogens with one attached hydrogen (secondary N) is 1. The quantitative estimate of drug-likeness (QED) is 0.683. The third-order valence-electron chi connectivity index (χ3n) is 4.37. The van der Waals surface area contributed by atoms with Crippen molar-refractivity contribution < 1.29 is 0 Å². The number of rotatable bonds is 2. The molecule has 0 bridgehead atoms. The normalized spacial score (nSPS) is 19.0. The van der Waals surface area contributed by atoms with E-state index in [9.17, 15) is 5.26 Å². The van der Waals surface area contributed by atoms with Gasteiger partial charge in [-0.15, -0.1) is 0 Å². The molecule has 0 aliphatic carbocycles. The van der Waals surface area contributed by atoms with E-state index < -0.39 is 5.92 Å². The summed E-state index contributed by atoms with van der Waals surface area (Å²) in [7, 11) is 0. The van der Waals surface area contributed by atoms with Crippen LogP contribution in [-0.4, -0.2) is 15.9 Å². The van der Waals surface area contributed by atoms with Crippen molar-refractivity contribution in [2.45, 2.75) is 5.92 Å². The van der Waals surface area contributed by atoms with Gasteiger partial charge in [0.25, 0.3) is 0 Å². The lowest BCUT2D eigenvalue weighted by molar-refractivity contribution is 0.719. The molecule has 4 nitrogen and oxygen atoms in total. The molecule has 122 valence electrons. The number of nitriles is 1. The first-order valence-corrected chi connectivity index (χ1v) is 8.47. The van der Waals surface area contributed by atoms with Crippen LogP contribution in [0.25, 0.3) is 0 Å². The number of fused-ring (bicyclic) bond motifs is 1. The van der Waals surface area contributed by atoms with E-state index >= 15 is 0 Å². The Bertz CT molecular complexity index is 1000. The van der Waals surface area contributed by atoms with E-state index in [4.69, 9.17) is 23.2 Å². The summed E-state index contributed by atoms with van der Waals surface area (Å²) in [6, 6.07) is 17.6. The molecular formula is C19H12Cl2N4. The molecule has 6 heteroatoms. The minimum absolute atomic E-state index is 0.294. The van der Waals surface area contributed by atoms with Crippen LogP contribution >= 0.6 is 23.2 Å². The van der Waals surface area contributed by atoms with Gasteiger partial charge in [-0.1, -0.05) is 65.7 Å². The lowest BCUT2D eigenvalue weighted by Crippen LogP contribution is -2.26. The second-order valence-corrected chi connectivity index (χ2v) is 6.55. The highest BCUT2D eigenvalue weighted by molar-refractivity contribution is 6.42. The molecule has 1 aliphatic heterocycles. The van der Waals surface area contributed by atoms with E-state index in [-0.39, 0.29) is 5.92 Å². The van der Waals surface area contributed by atoms with Crippen molar-refractivity contribution in [3.8, 4) is 6.07 Å². The van der Waals surface area contributed by atoms with Crippen molar-refractivity contribution in [2.75, 3.05) is 0 Å². The molecule has 0 fully saturated rings. The SMILES string of the molecule is N#CC1C(c2ccccc2)=Nc2[nH]ncc2C1c1cccc(Cl)c1Cl. The molecule has 1 N–H and O–H groups in total. The summed E-state index contributed by atoms with van der Waals surface area (Å²) < 4.78 is 0. The maximum atomic E-state index is 9.94. The molecule has 3 aromatic rings. The molecule has 0 amide bonds. The van der Waals surface area contributed by atoms with Gasteiger partial charge in [-0.05, 0) is 17.2 Å². The number of nitrogens with zero attached hydrogens (tertiary/aromatic N) is 3. The van der Waals surface area contributed by atoms with Gasteiger partial charge in [0.1, 0.15) is 5.92 Å². The van der Waals surface area contributed by atoms with Crippen molar-refractivity contribution >= 4 is 34.7 Å². The zero-order chi connectivity index (χ0) is 17.4. The first-order valence-electron chi connectivity index (χ1n) is 7.71. The highest BCUT2D eigenvalue weighted by Gasteiger charge is 2.37. The molecule has 2 atom stereocenters. The minimum atomic E-state index is -0.497. The van der Waals surface area contributed by atoms with E-state index in [1.54, 1.807) is 12.3 Å². The van der Waals surface area contributed by atoms with E-state index in [1.807, 2.05) is 42.5 Å². The molecular weight excluding hydrogens is 355 g/mol. The molecule has 0 saturated carbocycles. The Morgan fingerprint density at radius 1 is 1.00 bits per heavy atom. The van der Waals surface area contributed by atoms with Crippen LogP contribution in [0.5, 0.6) is 0 Å². The molecule has 2 aromatic carbocycles. The van der Waals surface area contributed by atoms with Crippen molar-refractivity contribution in [2.24, 2.45) is 10.9 Å². The molecule has 0 spiro atoms. The van der Waals surface area contributed by atoms with Crippen LogP contribution in [0, 0.1) is 17.2 Å². The number of aromatic amines is 1. The van der Waals surface area contributed by atoms with Crippen LogP contribution < -0.4 is 0 Å². The van der Waals surface area contributed by atoms with Gasteiger partial charge >= 0.3 is 0 Å². The average molecular weight is 367 g/mol. The Balaban J connectivity index is 1.95. The van der Waals surface area contributed by atoms with Gasteiger partial charge in [-0.2, -0.15) is 10.4 Å². The van der Waals surface area contributed by atoms with Gasteiger partial charge in [0.05, 0.1) is 28.0 Å². The highest BCUT2D eigenvalue weighted by Crippen LogP contribution is 2.45. The molecule has 4 rings (SSSR count). The first kappa shape index (κ1) is 15.9. The van der Waals surface area contributed by atoms with Crippen molar-refractivity contribution in [3.05, 3.63) is 81.5 Å². The fourth-order valence-corrected chi connectivity index (χ4v) is 3.66. The Hall–Kier alpha value is -2.61. The molecule has 25 heavy (non-hydrogen) atoms. The number of benzene rings is 2. The molecule has 1 aliphatic rings. The largest absolute Gasteiger partial charge is 0.261 e. The van der Waals surface area contributed by atoms with Crippen LogP contribution in [0.2, 0.25) is 10.0 Å². The Morgan fingerprint density at radius 2 is 1.80 bits per heavy atom. The number of aliphatic imine (C=N–C) groups is 1. The topological polar surface area (TPSA) is 64.8 Å². The molecule has 1 aromatic heterocycles. The summed E-state index contributed by atoms with van der Waals surface area (Å²) in [6.07, 6.45) is 1.70. The fraction of sp³-hybridized carbons (Fsp3) is 0.105. The number of aromatic nitrogens is 2. The van der Waals surface area contributed by atoms with Crippen molar-refractivity contribution in [3.63, 3.8) is 0 Å². The summed E-state index contributed by atoms with van der Waals surface area (Å²) in [4.78, 5) is 4.66. The first-order chi connectivity index (χ1) is 12.2. The summed E-state index contributed by atoms with van der Waals surface area (Å²) in [5, 5.41) is 17.9. The predicted octanol–water partition coefficient (Wildman–Crippen LogP) is 5.12. The maximum Gasteiger partial charge on any atom is 0.152 e. The molecule has 0 radical (unpaired) electrons. The molecule has 2 heterocycles. The van der Waals surface area contributed by atoms with Crippen LogP contribution in [0.3, 0.4) is 0 Å². The Labute approximate surface area is 154 Å². The summed E-state index contributed by atoms with van der Waals surface area (Å²) in [6.45, 7) is 0. The fourth-order valence-electron chi connectivity index (χ4n) is 3.23. The van der Waals surface area contributed by atoms with E-state index in [0.717, 1.165) is 16.7 Å². The van der Waals surface area contributed by atoms with Gasteiger partial charge in [0, 0.05) is 11.5 Å². The van der Waals surface area contributed by atoms with Crippen LogP contribution in [0.4, 0.5) is 5.82 Å². The van der Waals surface area contributed by atoms with E-state index in [0.29, 0.717) is 21.6 Å². The van der Waals surface area contributed by atoms with Crippen LogP contribution in [0.1, 0.15) is 22.6 Å². The summed E-state index contributed by atoms with van der Waals surface area (Å²) in [5.74, 6) is -0.146. The standard InChI is InChI=1S/C19H12Cl2N4/c20-15-8-4-7-12(17(15)21)16-13(9-22)18(11-5-2-1-3-6-11)24-19-14(16)10-23-25-19/h1-8,10,13,16H,(H,23,25). The number of halogens is 2. The van der Waals surface area contributed by atoms with Gasteiger partial charge in [0.2, 0.25) is 0 Å². The van der Waals surface area contributed by atoms with Gasteiger partial charge in [0.15, 0.2) is 5.82 Å². The van der Waals surface area contributed by atoms with Gasteiger partial charge in [-0.3, -0.25) is 5.10 Å². The van der Waals surface area contributed by atoms with Crippen LogP contribution in [0.15, 0.2) is 59.7 Å². The number of H-pyrrole nitrogens is 1. The highest BCUT2D eigenvalue weighted by atomic mass is 35.5. The lowest BCUT2D eigenvalue weighted by atomic mass is 9.76. The number of hydrogen-bond acceptors (Lipinski definition) is 3. The van der Waals surface area contributed by atoms with Crippen molar-refractivity contribution in [1.29, 1.82) is 5.26 Å². The van der Waals surface area contributed by atoms with Crippen LogP contribution in [-0.2, 0) is 0 Å². The smallest absolute Gasteiger partial charge is 0.152 e. The predicted molar refractivity (Wildman–Crippen MR) is 98.6 cm³/mol.